The van der Waals surface area contributed by atoms with E-state index < -0.39 is 5.97 Å². The van der Waals surface area contributed by atoms with Crippen LogP contribution in [0.5, 0.6) is 17.2 Å². The molecular formula is C27H32O5. The van der Waals surface area contributed by atoms with Crippen molar-refractivity contribution < 1.29 is 24.2 Å². The Morgan fingerprint density at radius 2 is 1.22 bits per heavy atom. The first kappa shape index (κ1) is 22.4. The summed E-state index contributed by atoms with van der Waals surface area (Å²) in [7, 11) is 0. The molecule has 1 N–H and O–H groups in total. The Bertz CT molecular complexity index is 902. The molecule has 2 aromatic rings. The van der Waals surface area contributed by atoms with Crippen LogP contribution in [-0.4, -0.2) is 17.0 Å². The van der Waals surface area contributed by atoms with Crippen LogP contribution in [0.1, 0.15) is 68.6 Å². The topological polar surface area (TPSA) is 72.8 Å². The van der Waals surface area contributed by atoms with E-state index in [1.165, 1.54) is 49.9 Å². The second-order valence-electron chi connectivity index (χ2n) is 9.46. The number of carbonyl (C=O) groups excluding carboxylic acids is 2. The summed E-state index contributed by atoms with van der Waals surface area (Å²) in [6.07, 6.45) is 9.50. The normalized spacial score (nSPS) is 25.7. The number of rotatable bonds is 5. The lowest BCUT2D eigenvalue weighted by Crippen LogP contribution is -2.29. The summed E-state index contributed by atoms with van der Waals surface area (Å²) in [4.78, 5) is 24.8. The Kier molecular flexibility index (Phi) is 7.13. The Labute approximate surface area is 189 Å². The van der Waals surface area contributed by atoms with E-state index in [1.807, 2.05) is 0 Å². The molecule has 0 amide bonds. The van der Waals surface area contributed by atoms with Gasteiger partial charge in [0, 0.05) is 0 Å². The fourth-order valence-electron chi connectivity index (χ4n) is 5.12. The zero-order valence-electron chi connectivity index (χ0n) is 18.7. The van der Waals surface area contributed by atoms with Gasteiger partial charge in [0.25, 0.3) is 0 Å². The predicted octanol–water partition coefficient (Wildman–Crippen LogP) is 6.15. The van der Waals surface area contributed by atoms with Crippen LogP contribution in [0, 0.1) is 23.7 Å². The van der Waals surface area contributed by atoms with Gasteiger partial charge in [0.05, 0.1) is 11.5 Å². The summed E-state index contributed by atoms with van der Waals surface area (Å²) in [6, 6.07) is 12.4. The smallest absolute Gasteiger partial charge is 0.343 e. The van der Waals surface area contributed by atoms with Crippen LogP contribution in [0.4, 0.5) is 0 Å². The molecule has 0 saturated heterocycles. The number of esters is 2. The van der Waals surface area contributed by atoms with Crippen molar-refractivity contribution in [3.05, 3.63) is 54.1 Å². The zero-order valence-corrected chi connectivity index (χ0v) is 18.7. The van der Waals surface area contributed by atoms with Crippen molar-refractivity contribution in [2.24, 2.45) is 23.7 Å². The maximum absolute atomic E-state index is 12.6. The van der Waals surface area contributed by atoms with Gasteiger partial charge in [-0.15, -0.1) is 0 Å². The average Bonchev–Trinajstić information content (AvgIpc) is 2.81. The first-order valence-corrected chi connectivity index (χ1v) is 11.8. The number of aromatic hydroxyl groups is 1. The minimum atomic E-state index is -0.515. The van der Waals surface area contributed by atoms with Crippen LogP contribution in [0.3, 0.4) is 0 Å². The van der Waals surface area contributed by atoms with Gasteiger partial charge in [-0.25, -0.2) is 4.79 Å². The molecule has 4 rings (SSSR count). The van der Waals surface area contributed by atoms with Crippen LogP contribution < -0.4 is 9.47 Å². The molecule has 2 saturated carbocycles. The fraction of sp³-hybridized carbons (Fsp3) is 0.481. The van der Waals surface area contributed by atoms with Gasteiger partial charge in [-0.05, 0) is 105 Å². The molecule has 5 nitrogen and oxygen atoms in total. The van der Waals surface area contributed by atoms with Gasteiger partial charge < -0.3 is 14.6 Å². The van der Waals surface area contributed by atoms with Crippen molar-refractivity contribution in [1.82, 2.24) is 0 Å². The SMILES string of the molecule is CC1CCC(C2CCC(C(=O)Oc3ccc(OC(=O)c4ccc(O)cc4)cc3)CC2)CC1. The molecular weight excluding hydrogens is 404 g/mol. The van der Waals surface area contributed by atoms with Crippen LogP contribution in [0.25, 0.3) is 0 Å². The number of benzene rings is 2. The number of phenols is 1. The molecule has 5 heteroatoms. The molecule has 0 unspecified atom stereocenters. The van der Waals surface area contributed by atoms with Crippen molar-refractivity contribution in [1.29, 1.82) is 0 Å². The van der Waals surface area contributed by atoms with Crippen molar-refractivity contribution in [3.63, 3.8) is 0 Å². The summed E-state index contributed by atoms with van der Waals surface area (Å²) >= 11 is 0. The van der Waals surface area contributed by atoms with Gasteiger partial charge in [0.1, 0.15) is 17.2 Å². The van der Waals surface area contributed by atoms with E-state index >= 15 is 0 Å². The maximum atomic E-state index is 12.6. The van der Waals surface area contributed by atoms with Gasteiger partial charge >= 0.3 is 11.9 Å². The van der Waals surface area contributed by atoms with Gasteiger partial charge in [-0.1, -0.05) is 19.8 Å². The van der Waals surface area contributed by atoms with Crippen LogP contribution in [0.2, 0.25) is 0 Å². The van der Waals surface area contributed by atoms with Gasteiger partial charge in [-0.2, -0.15) is 0 Å². The third-order valence-corrected chi connectivity index (χ3v) is 7.19. The van der Waals surface area contributed by atoms with Crippen molar-refractivity contribution in [2.75, 3.05) is 0 Å². The standard InChI is InChI=1S/C27H32O5/c1-18-2-4-19(5-3-18)20-6-8-21(9-7-20)26(29)31-24-14-16-25(17-15-24)32-27(30)22-10-12-23(28)13-11-22/h10-21,28H,2-9H2,1H3. The molecule has 2 aliphatic rings. The van der Waals surface area contributed by atoms with E-state index in [9.17, 15) is 14.7 Å². The summed E-state index contributed by atoms with van der Waals surface area (Å²) in [5, 5.41) is 9.31. The molecule has 0 atom stereocenters. The highest BCUT2D eigenvalue weighted by Gasteiger charge is 2.33. The lowest BCUT2D eigenvalue weighted by atomic mass is 9.69. The molecule has 2 aromatic carbocycles. The second-order valence-corrected chi connectivity index (χ2v) is 9.46. The van der Waals surface area contributed by atoms with Gasteiger partial charge in [0.2, 0.25) is 0 Å². The van der Waals surface area contributed by atoms with E-state index in [0.717, 1.165) is 43.4 Å². The number of hydrogen-bond donors (Lipinski definition) is 1. The highest BCUT2D eigenvalue weighted by atomic mass is 16.5. The lowest BCUT2D eigenvalue weighted by Gasteiger charge is -2.36. The second kappa shape index (κ2) is 10.2. The minimum absolute atomic E-state index is 0.0271. The van der Waals surface area contributed by atoms with Gasteiger partial charge in [-0.3, -0.25) is 4.79 Å². The number of hydrogen-bond acceptors (Lipinski definition) is 5. The molecule has 2 fully saturated rings. The Morgan fingerprint density at radius 1 is 0.719 bits per heavy atom. The molecule has 0 radical (unpaired) electrons. The zero-order chi connectivity index (χ0) is 22.5. The molecule has 2 aliphatic carbocycles. The summed E-state index contributed by atoms with van der Waals surface area (Å²) in [6.45, 7) is 2.36. The first-order valence-electron chi connectivity index (χ1n) is 11.8. The van der Waals surface area contributed by atoms with Crippen molar-refractivity contribution >= 4 is 11.9 Å². The molecule has 0 heterocycles. The van der Waals surface area contributed by atoms with E-state index in [-0.39, 0.29) is 17.6 Å². The lowest BCUT2D eigenvalue weighted by molar-refractivity contribution is -0.140. The van der Waals surface area contributed by atoms with Crippen molar-refractivity contribution in [3.8, 4) is 17.2 Å². The van der Waals surface area contributed by atoms with Crippen LogP contribution >= 0.6 is 0 Å². The van der Waals surface area contributed by atoms with Gasteiger partial charge in [0.15, 0.2) is 0 Å². The summed E-state index contributed by atoms with van der Waals surface area (Å²) < 4.78 is 10.9. The van der Waals surface area contributed by atoms with E-state index in [4.69, 9.17) is 9.47 Å². The molecule has 0 spiro atoms. The summed E-state index contributed by atoms with van der Waals surface area (Å²) in [5.74, 6) is 2.71. The average molecular weight is 437 g/mol. The fourth-order valence-corrected chi connectivity index (χ4v) is 5.12. The summed E-state index contributed by atoms with van der Waals surface area (Å²) in [5.41, 5.74) is 0.344. The number of phenolic OH excluding ortho intramolecular Hbond substituents is 1. The minimum Gasteiger partial charge on any atom is -0.508 e. The Hall–Kier alpha value is -2.82. The molecule has 170 valence electrons. The van der Waals surface area contributed by atoms with Crippen LogP contribution in [0.15, 0.2) is 48.5 Å². The molecule has 0 bridgehead atoms. The molecule has 0 aromatic heterocycles. The first-order chi connectivity index (χ1) is 15.5. The predicted molar refractivity (Wildman–Crippen MR) is 122 cm³/mol. The monoisotopic (exact) mass is 436 g/mol. The Morgan fingerprint density at radius 3 is 1.78 bits per heavy atom. The van der Waals surface area contributed by atoms with Crippen molar-refractivity contribution in [2.45, 2.75) is 58.3 Å². The molecule has 32 heavy (non-hydrogen) atoms. The van der Waals surface area contributed by atoms with E-state index in [2.05, 4.69) is 6.92 Å². The maximum Gasteiger partial charge on any atom is 0.343 e. The quantitative estimate of drug-likeness (QED) is 0.449. The molecule has 0 aliphatic heterocycles. The third-order valence-electron chi connectivity index (χ3n) is 7.19. The highest BCUT2D eigenvalue weighted by Crippen LogP contribution is 2.41. The largest absolute Gasteiger partial charge is 0.508 e. The highest BCUT2D eigenvalue weighted by molar-refractivity contribution is 5.91. The van der Waals surface area contributed by atoms with Crippen LogP contribution in [-0.2, 0) is 4.79 Å². The number of ether oxygens (including phenoxy) is 2. The number of carbonyl (C=O) groups is 2. The van der Waals surface area contributed by atoms with E-state index in [0.29, 0.717) is 17.1 Å². The Balaban J connectivity index is 1.24. The third kappa shape index (κ3) is 5.70. The van der Waals surface area contributed by atoms with E-state index in [1.54, 1.807) is 24.3 Å².